The van der Waals surface area contributed by atoms with Gasteiger partial charge in [0.15, 0.2) is 0 Å². The molecule has 1 saturated heterocycles. The maximum absolute atomic E-state index is 13.2. The van der Waals surface area contributed by atoms with Gasteiger partial charge in [-0.1, -0.05) is 32.9 Å². The van der Waals surface area contributed by atoms with Crippen LogP contribution < -0.4 is 0 Å². The molecule has 0 spiro atoms. The molecule has 1 unspecified atom stereocenters. The van der Waals surface area contributed by atoms with Gasteiger partial charge in [0, 0.05) is 39.1 Å². The minimum absolute atomic E-state index is 0.0688. The molecule has 0 N–H and O–H groups in total. The molecule has 1 aromatic carbocycles. The van der Waals surface area contributed by atoms with Gasteiger partial charge in [0.05, 0.1) is 5.92 Å². The van der Waals surface area contributed by atoms with Gasteiger partial charge in [0.2, 0.25) is 11.8 Å². The molecule has 0 radical (unpaired) electrons. The third kappa shape index (κ3) is 5.76. The highest BCUT2D eigenvalue weighted by atomic mass is 19.1. The maximum atomic E-state index is 13.2. The third-order valence-electron chi connectivity index (χ3n) is 5.46. The molecule has 1 heterocycles. The zero-order valence-electron chi connectivity index (χ0n) is 16.8. The van der Waals surface area contributed by atoms with E-state index >= 15 is 0 Å². The zero-order valence-corrected chi connectivity index (χ0v) is 16.8. The Morgan fingerprint density at radius 1 is 1.00 bits per heavy atom. The molecular formula is C21H32FN3O2. The molecule has 0 bridgehead atoms. The number of piperazine rings is 1. The van der Waals surface area contributed by atoms with Gasteiger partial charge >= 0.3 is 0 Å². The number of amides is 2. The molecule has 1 aliphatic rings. The second kappa shape index (κ2) is 10.4. The first kappa shape index (κ1) is 21.4. The summed E-state index contributed by atoms with van der Waals surface area (Å²) in [5.74, 6) is -0.313. The molecule has 0 aromatic heterocycles. The van der Waals surface area contributed by atoms with Crippen molar-refractivity contribution in [2.24, 2.45) is 0 Å². The van der Waals surface area contributed by atoms with Crippen molar-refractivity contribution in [2.45, 2.75) is 39.5 Å². The van der Waals surface area contributed by atoms with E-state index in [1.807, 2.05) is 16.7 Å². The smallest absolute Gasteiger partial charge is 0.230 e. The van der Waals surface area contributed by atoms with Gasteiger partial charge in [0.1, 0.15) is 5.82 Å². The van der Waals surface area contributed by atoms with E-state index in [2.05, 4.69) is 18.7 Å². The van der Waals surface area contributed by atoms with Crippen LogP contribution in [0.1, 0.15) is 45.1 Å². The van der Waals surface area contributed by atoms with E-state index in [1.54, 1.807) is 12.1 Å². The summed E-state index contributed by atoms with van der Waals surface area (Å²) in [5.41, 5.74) is 0.849. The van der Waals surface area contributed by atoms with E-state index in [4.69, 9.17) is 0 Å². The second-order valence-electron chi connectivity index (χ2n) is 7.00. The van der Waals surface area contributed by atoms with Gasteiger partial charge in [-0.2, -0.15) is 0 Å². The summed E-state index contributed by atoms with van der Waals surface area (Å²) in [4.78, 5) is 31.3. The molecule has 1 fully saturated rings. The lowest BCUT2D eigenvalue weighted by atomic mass is 9.94. The van der Waals surface area contributed by atoms with Crippen LogP contribution in [0, 0.1) is 5.82 Å². The first-order chi connectivity index (χ1) is 13.0. The standard InChI is InChI=1S/C21H32FN3O2/c1-4-19(17-7-9-18(22)10-8-17)21(27)25-15-13-24(14-16-25)20(26)11-12-23(5-2)6-3/h7-10,19H,4-6,11-16H2,1-3H3. The summed E-state index contributed by atoms with van der Waals surface area (Å²) in [5, 5.41) is 0. The number of benzene rings is 1. The minimum atomic E-state index is -0.294. The minimum Gasteiger partial charge on any atom is -0.339 e. The predicted molar refractivity (Wildman–Crippen MR) is 105 cm³/mol. The Morgan fingerprint density at radius 3 is 2.07 bits per heavy atom. The van der Waals surface area contributed by atoms with E-state index in [0.717, 1.165) is 25.2 Å². The highest BCUT2D eigenvalue weighted by Crippen LogP contribution is 2.23. The number of nitrogens with zero attached hydrogens (tertiary/aromatic N) is 3. The lowest BCUT2D eigenvalue weighted by molar-refractivity contribution is -0.140. The van der Waals surface area contributed by atoms with Crippen LogP contribution in [0.5, 0.6) is 0 Å². The van der Waals surface area contributed by atoms with Crippen LogP contribution in [-0.2, 0) is 9.59 Å². The highest BCUT2D eigenvalue weighted by molar-refractivity contribution is 5.84. The van der Waals surface area contributed by atoms with Gasteiger partial charge in [-0.3, -0.25) is 9.59 Å². The van der Waals surface area contributed by atoms with Crippen LogP contribution in [0.2, 0.25) is 0 Å². The molecule has 1 aromatic rings. The molecule has 27 heavy (non-hydrogen) atoms. The Kier molecular flexibility index (Phi) is 8.23. The maximum Gasteiger partial charge on any atom is 0.230 e. The number of carbonyl (C=O) groups is 2. The summed E-state index contributed by atoms with van der Waals surface area (Å²) in [6.07, 6.45) is 1.20. The molecule has 1 atom stereocenters. The molecule has 6 heteroatoms. The van der Waals surface area contributed by atoms with Crippen LogP contribution in [0.25, 0.3) is 0 Å². The Bertz CT molecular complexity index is 608. The average molecular weight is 378 g/mol. The van der Waals surface area contributed by atoms with Crippen LogP contribution in [0.3, 0.4) is 0 Å². The third-order valence-corrected chi connectivity index (χ3v) is 5.46. The average Bonchev–Trinajstić information content (AvgIpc) is 2.70. The summed E-state index contributed by atoms with van der Waals surface area (Å²) in [6.45, 7) is 11.2. The number of hydrogen-bond acceptors (Lipinski definition) is 3. The van der Waals surface area contributed by atoms with E-state index in [-0.39, 0.29) is 23.5 Å². The van der Waals surface area contributed by atoms with Crippen molar-refractivity contribution in [1.29, 1.82) is 0 Å². The first-order valence-electron chi connectivity index (χ1n) is 10.0. The Balaban J connectivity index is 1.87. The topological polar surface area (TPSA) is 43.9 Å². The molecule has 2 amide bonds. The van der Waals surface area contributed by atoms with Crippen molar-refractivity contribution in [3.05, 3.63) is 35.6 Å². The van der Waals surface area contributed by atoms with E-state index < -0.39 is 0 Å². The van der Waals surface area contributed by atoms with Crippen LogP contribution in [0.4, 0.5) is 4.39 Å². The Hall–Kier alpha value is -1.95. The Morgan fingerprint density at radius 2 is 1.56 bits per heavy atom. The SMILES string of the molecule is CCC(C(=O)N1CCN(C(=O)CCN(CC)CC)CC1)c1ccc(F)cc1. The van der Waals surface area contributed by atoms with Crippen LogP contribution in [0.15, 0.2) is 24.3 Å². The molecule has 0 aliphatic carbocycles. The highest BCUT2D eigenvalue weighted by Gasteiger charge is 2.29. The number of hydrogen-bond donors (Lipinski definition) is 0. The van der Waals surface area contributed by atoms with Gasteiger partial charge in [-0.25, -0.2) is 4.39 Å². The monoisotopic (exact) mass is 377 g/mol. The molecule has 150 valence electrons. The summed E-state index contributed by atoms with van der Waals surface area (Å²) in [7, 11) is 0. The van der Waals surface area contributed by atoms with Crippen LogP contribution in [-0.4, -0.2) is 72.3 Å². The second-order valence-corrected chi connectivity index (χ2v) is 7.00. The van der Waals surface area contributed by atoms with Crippen molar-refractivity contribution < 1.29 is 14.0 Å². The number of rotatable bonds is 8. The lowest BCUT2D eigenvalue weighted by Crippen LogP contribution is -2.52. The molecular weight excluding hydrogens is 345 g/mol. The van der Waals surface area contributed by atoms with Gasteiger partial charge in [0.25, 0.3) is 0 Å². The quantitative estimate of drug-likeness (QED) is 0.700. The summed E-state index contributed by atoms with van der Waals surface area (Å²) >= 11 is 0. The predicted octanol–water partition coefficient (Wildman–Crippen LogP) is 2.72. The fraction of sp³-hybridized carbons (Fsp3) is 0.619. The molecule has 5 nitrogen and oxygen atoms in total. The van der Waals surface area contributed by atoms with E-state index in [9.17, 15) is 14.0 Å². The number of halogens is 1. The van der Waals surface area contributed by atoms with Crippen molar-refractivity contribution in [3.63, 3.8) is 0 Å². The fourth-order valence-electron chi connectivity index (χ4n) is 3.60. The summed E-state index contributed by atoms with van der Waals surface area (Å²) in [6, 6.07) is 6.18. The summed E-state index contributed by atoms with van der Waals surface area (Å²) < 4.78 is 13.2. The normalized spacial score (nSPS) is 15.9. The van der Waals surface area contributed by atoms with Gasteiger partial charge in [-0.15, -0.1) is 0 Å². The fourth-order valence-corrected chi connectivity index (χ4v) is 3.60. The first-order valence-corrected chi connectivity index (χ1v) is 10.0. The molecule has 2 rings (SSSR count). The van der Waals surface area contributed by atoms with Crippen molar-refractivity contribution in [3.8, 4) is 0 Å². The van der Waals surface area contributed by atoms with Crippen molar-refractivity contribution in [2.75, 3.05) is 45.8 Å². The molecule has 1 aliphatic heterocycles. The van der Waals surface area contributed by atoms with Crippen molar-refractivity contribution in [1.82, 2.24) is 14.7 Å². The molecule has 0 saturated carbocycles. The Labute approximate surface area is 162 Å². The van der Waals surface area contributed by atoms with E-state index in [1.165, 1.54) is 12.1 Å². The van der Waals surface area contributed by atoms with E-state index in [0.29, 0.717) is 39.0 Å². The lowest BCUT2D eigenvalue weighted by Gasteiger charge is -2.36. The van der Waals surface area contributed by atoms with Gasteiger partial charge < -0.3 is 14.7 Å². The zero-order chi connectivity index (χ0) is 19.8. The number of carbonyl (C=O) groups excluding carboxylic acids is 2. The van der Waals surface area contributed by atoms with Gasteiger partial charge in [-0.05, 0) is 37.2 Å². The largest absolute Gasteiger partial charge is 0.339 e. The van der Waals surface area contributed by atoms with Crippen molar-refractivity contribution >= 4 is 11.8 Å². The van der Waals surface area contributed by atoms with Crippen LogP contribution >= 0.6 is 0 Å².